The standard InChI is InChI=1S/C20H28O2/c1-3-20-12-14(21)6-4-13(20)5-7-15-16-8-9-18(22)19(16,2)11-10-17(15)20/h4-5,7,14-17,21H,3,6,8-12H2,1-2H3/t14-,15+,16+,17+,19+,20+/m1/s1. The quantitative estimate of drug-likeness (QED) is 0.793. The summed E-state index contributed by atoms with van der Waals surface area (Å²) in [4.78, 5) is 12.4. The fourth-order valence-electron chi connectivity index (χ4n) is 6.39. The van der Waals surface area contributed by atoms with Gasteiger partial charge in [-0.25, -0.2) is 0 Å². The molecule has 0 radical (unpaired) electrons. The largest absolute Gasteiger partial charge is 0.393 e. The summed E-state index contributed by atoms with van der Waals surface area (Å²) in [5, 5.41) is 10.3. The van der Waals surface area contributed by atoms with E-state index in [2.05, 4.69) is 32.1 Å². The summed E-state index contributed by atoms with van der Waals surface area (Å²) >= 11 is 0. The van der Waals surface area contributed by atoms with Gasteiger partial charge in [0.15, 0.2) is 0 Å². The maximum absolute atomic E-state index is 12.4. The van der Waals surface area contributed by atoms with Gasteiger partial charge in [0.2, 0.25) is 0 Å². The van der Waals surface area contributed by atoms with Crippen LogP contribution in [0.5, 0.6) is 0 Å². The monoisotopic (exact) mass is 300 g/mol. The van der Waals surface area contributed by atoms with Crippen LogP contribution in [0, 0.1) is 28.6 Å². The third-order valence-corrected chi connectivity index (χ3v) is 7.66. The van der Waals surface area contributed by atoms with Crippen LogP contribution in [0.3, 0.4) is 0 Å². The van der Waals surface area contributed by atoms with Gasteiger partial charge in [0.05, 0.1) is 6.10 Å². The molecule has 0 saturated heterocycles. The molecule has 4 aliphatic carbocycles. The molecule has 0 aromatic rings. The Labute approximate surface area is 133 Å². The maximum atomic E-state index is 12.4. The van der Waals surface area contributed by atoms with Crippen LogP contribution in [0.1, 0.15) is 58.8 Å². The molecular weight excluding hydrogens is 272 g/mol. The average Bonchev–Trinajstić information content (AvgIpc) is 2.82. The topological polar surface area (TPSA) is 37.3 Å². The lowest BCUT2D eigenvalue weighted by Gasteiger charge is -2.56. The minimum atomic E-state index is -0.186. The van der Waals surface area contributed by atoms with Gasteiger partial charge in [0.25, 0.3) is 0 Å². The number of hydrogen-bond donors (Lipinski definition) is 1. The number of aliphatic hydroxyl groups is 1. The Morgan fingerprint density at radius 1 is 1.32 bits per heavy atom. The predicted molar refractivity (Wildman–Crippen MR) is 87.2 cm³/mol. The molecule has 2 heteroatoms. The fraction of sp³-hybridized carbons (Fsp3) is 0.750. The van der Waals surface area contributed by atoms with Gasteiger partial charge in [-0.3, -0.25) is 4.79 Å². The third-order valence-electron chi connectivity index (χ3n) is 7.66. The molecule has 0 aromatic carbocycles. The highest BCUT2D eigenvalue weighted by Gasteiger charge is 2.58. The van der Waals surface area contributed by atoms with Crippen molar-refractivity contribution < 1.29 is 9.90 Å². The highest BCUT2D eigenvalue weighted by molar-refractivity contribution is 5.87. The molecule has 4 rings (SSSR count). The number of aliphatic hydroxyl groups excluding tert-OH is 1. The fourth-order valence-corrected chi connectivity index (χ4v) is 6.39. The summed E-state index contributed by atoms with van der Waals surface area (Å²) in [6.07, 6.45) is 13.7. The zero-order chi connectivity index (χ0) is 15.5. The van der Waals surface area contributed by atoms with Crippen molar-refractivity contribution >= 4 is 5.78 Å². The first-order valence-electron chi connectivity index (χ1n) is 9.11. The van der Waals surface area contributed by atoms with Crippen molar-refractivity contribution in [3.63, 3.8) is 0 Å². The number of carbonyl (C=O) groups excluding carboxylic acids is 1. The Morgan fingerprint density at radius 3 is 2.91 bits per heavy atom. The Hall–Kier alpha value is -0.890. The van der Waals surface area contributed by atoms with E-state index in [0.29, 0.717) is 23.5 Å². The molecule has 0 spiro atoms. The summed E-state index contributed by atoms with van der Waals surface area (Å²) < 4.78 is 0. The number of carbonyl (C=O) groups is 1. The summed E-state index contributed by atoms with van der Waals surface area (Å²) in [5.41, 5.74) is 1.55. The molecule has 0 bridgehead atoms. The van der Waals surface area contributed by atoms with Gasteiger partial charge in [0, 0.05) is 17.3 Å². The third kappa shape index (κ3) is 1.73. The molecule has 2 nitrogen and oxygen atoms in total. The molecule has 0 unspecified atom stereocenters. The summed E-state index contributed by atoms with van der Waals surface area (Å²) in [6.45, 7) is 4.51. The van der Waals surface area contributed by atoms with Crippen molar-refractivity contribution in [3.8, 4) is 0 Å². The van der Waals surface area contributed by atoms with E-state index in [4.69, 9.17) is 0 Å². The van der Waals surface area contributed by atoms with Crippen LogP contribution in [0.2, 0.25) is 0 Å². The number of hydrogen-bond acceptors (Lipinski definition) is 2. The second-order valence-corrected chi connectivity index (χ2v) is 8.33. The molecule has 2 fully saturated rings. The average molecular weight is 300 g/mol. The number of Topliss-reactive ketones (excluding diaryl/α,β-unsaturated/α-hetero) is 1. The van der Waals surface area contributed by atoms with Gasteiger partial charge < -0.3 is 5.11 Å². The minimum absolute atomic E-state index is 0.0745. The maximum Gasteiger partial charge on any atom is 0.139 e. The van der Waals surface area contributed by atoms with E-state index >= 15 is 0 Å². The van der Waals surface area contributed by atoms with Crippen LogP contribution in [-0.4, -0.2) is 17.0 Å². The van der Waals surface area contributed by atoms with Crippen molar-refractivity contribution in [1.82, 2.24) is 0 Å². The van der Waals surface area contributed by atoms with E-state index in [1.54, 1.807) is 0 Å². The Morgan fingerprint density at radius 2 is 2.14 bits per heavy atom. The highest BCUT2D eigenvalue weighted by atomic mass is 16.3. The van der Waals surface area contributed by atoms with Crippen LogP contribution in [0.15, 0.2) is 23.8 Å². The van der Waals surface area contributed by atoms with Crippen molar-refractivity contribution in [2.24, 2.45) is 28.6 Å². The molecule has 6 atom stereocenters. The second kappa shape index (κ2) is 4.80. The Balaban J connectivity index is 1.77. The smallest absolute Gasteiger partial charge is 0.139 e. The first kappa shape index (κ1) is 14.7. The predicted octanol–water partition coefficient (Wildman–Crippen LogP) is 4.05. The number of fused-ring (bicyclic) bond motifs is 5. The van der Waals surface area contributed by atoms with Crippen molar-refractivity contribution in [3.05, 3.63) is 23.8 Å². The van der Waals surface area contributed by atoms with Crippen LogP contribution < -0.4 is 0 Å². The molecular formula is C20H28O2. The molecule has 1 N–H and O–H groups in total. The van der Waals surface area contributed by atoms with Crippen molar-refractivity contribution in [1.29, 1.82) is 0 Å². The van der Waals surface area contributed by atoms with E-state index in [1.165, 1.54) is 5.57 Å². The van der Waals surface area contributed by atoms with Crippen LogP contribution in [0.25, 0.3) is 0 Å². The lowest BCUT2D eigenvalue weighted by molar-refractivity contribution is -0.131. The van der Waals surface area contributed by atoms with Crippen molar-refractivity contribution in [2.75, 3.05) is 0 Å². The van der Waals surface area contributed by atoms with E-state index in [9.17, 15) is 9.90 Å². The van der Waals surface area contributed by atoms with Gasteiger partial charge >= 0.3 is 0 Å². The van der Waals surface area contributed by atoms with E-state index in [1.807, 2.05) is 0 Å². The van der Waals surface area contributed by atoms with Gasteiger partial charge in [-0.1, -0.05) is 32.1 Å². The number of allylic oxidation sites excluding steroid dienone is 3. The van der Waals surface area contributed by atoms with Gasteiger partial charge in [-0.05, 0) is 61.9 Å². The number of rotatable bonds is 1. The second-order valence-electron chi connectivity index (χ2n) is 8.33. The first-order chi connectivity index (χ1) is 10.5. The first-order valence-corrected chi connectivity index (χ1v) is 9.11. The highest BCUT2D eigenvalue weighted by Crippen LogP contribution is 2.63. The van der Waals surface area contributed by atoms with E-state index in [-0.39, 0.29) is 16.9 Å². The van der Waals surface area contributed by atoms with Gasteiger partial charge in [-0.2, -0.15) is 0 Å². The zero-order valence-electron chi connectivity index (χ0n) is 13.8. The van der Waals surface area contributed by atoms with Gasteiger partial charge in [0.1, 0.15) is 5.78 Å². The Kier molecular flexibility index (Phi) is 3.21. The summed E-state index contributed by atoms with van der Waals surface area (Å²) in [6, 6.07) is 0. The summed E-state index contributed by atoms with van der Waals surface area (Å²) in [5.74, 6) is 2.18. The van der Waals surface area contributed by atoms with Crippen LogP contribution in [0.4, 0.5) is 0 Å². The molecule has 0 heterocycles. The molecule has 0 aromatic heterocycles. The molecule has 0 aliphatic heterocycles. The lowest BCUT2D eigenvalue weighted by atomic mass is 9.48. The van der Waals surface area contributed by atoms with Crippen LogP contribution >= 0.6 is 0 Å². The minimum Gasteiger partial charge on any atom is -0.393 e. The molecule has 22 heavy (non-hydrogen) atoms. The Bertz CT molecular complexity index is 560. The van der Waals surface area contributed by atoms with Gasteiger partial charge in [-0.15, -0.1) is 0 Å². The zero-order valence-corrected chi connectivity index (χ0v) is 13.8. The van der Waals surface area contributed by atoms with Crippen LogP contribution in [-0.2, 0) is 4.79 Å². The molecule has 4 aliphatic rings. The van der Waals surface area contributed by atoms with Crippen molar-refractivity contribution in [2.45, 2.75) is 64.9 Å². The molecule has 2 saturated carbocycles. The summed E-state index contributed by atoms with van der Waals surface area (Å²) in [7, 11) is 0. The lowest BCUT2D eigenvalue weighted by Crippen LogP contribution is -2.50. The normalized spacial score (nSPS) is 50.1. The SMILES string of the molecule is CC[C@]12C[C@H](O)CC=C1C=C[C@@H]1[C@@H]2CC[C@]2(C)C(=O)CC[C@@H]12. The van der Waals surface area contributed by atoms with E-state index < -0.39 is 0 Å². The van der Waals surface area contributed by atoms with E-state index in [0.717, 1.165) is 44.9 Å². The molecule has 0 amide bonds. The molecule has 120 valence electrons. The number of ketones is 1.